The van der Waals surface area contributed by atoms with Gasteiger partial charge in [0, 0.05) is 18.7 Å². The molecule has 94 valence electrons. The average Bonchev–Trinajstić information content (AvgIpc) is 2.38. The van der Waals surface area contributed by atoms with Crippen molar-refractivity contribution in [2.75, 3.05) is 32.6 Å². The molecule has 2 heterocycles. The Hall–Kier alpha value is -1.29. The van der Waals surface area contributed by atoms with Gasteiger partial charge in [0.15, 0.2) is 0 Å². The zero-order valence-electron chi connectivity index (χ0n) is 10.6. The number of aromatic nitrogens is 1. The molecule has 1 atom stereocenters. The predicted octanol–water partition coefficient (Wildman–Crippen LogP) is 1.99. The third-order valence-electron chi connectivity index (χ3n) is 3.41. The molecule has 1 aromatic rings. The number of hydrogen-bond acceptors (Lipinski definition) is 4. The summed E-state index contributed by atoms with van der Waals surface area (Å²) in [6, 6.07) is 4.53. The lowest BCUT2D eigenvalue weighted by atomic mass is 10.0. The minimum atomic E-state index is 0.644. The highest BCUT2D eigenvalue weighted by atomic mass is 16.5. The van der Waals surface area contributed by atoms with E-state index in [9.17, 15) is 0 Å². The smallest absolute Gasteiger partial charge is 0.213 e. The number of methoxy groups -OCH3 is 1. The van der Waals surface area contributed by atoms with Crippen molar-refractivity contribution in [1.82, 2.24) is 9.88 Å². The molecule has 1 aliphatic heterocycles. The molecule has 17 heavy (non-hydrogen) atoms. The standard InChI is InChI=1S/C13H21N3O/c1-16-8-4-3-5-12(16)10-14-11-6-7-13(17-2)15-9-11/h6-7,9,12,14H,3-5,8,10H2,1-2H3. The first-order chi connectivity index (χ1) is 8.29. The Morgan fingerprint density at radius 1 is 1.47 bits per heavy atom. The van der Waals surface area contributed by atoms with Gasteiger partial charge >= 0.3 is 0 Å². The van der Waals surface area contributed by atoms with Crippen molar-refractivity contribution in [2.24, 2.45) is 0 Å². The summed E-state index contributed by atoms with van der Waals surface area (Å²) in [5.74, 6) is 0.658. The number of pyridine rings is 1. The number of hydrogen-bond donors (Lipinski definition) is 1. The van der Waals surface area contributed by atoms with Gasteiger partial charge in [-0.2, -0.15) is 0 Å². The van der Waals surface area contributed by atoms with Crippen molar-refractivity contribution in [3.63, 3.8) is 0 Å². The van der Waals surface area contributed by atoms with Gasteiger partial charge in [-0.1, -0.05) is 6.42 Å². The van der Waals surface area contributed by atoms with Crippen molar-refractivity contribution < 1.29 is 4.74 Å². The van der Waals surface area contributed by atoms with Gasteiger partial charge in [0.25, 0.3) is 0 Å². The maximum Gasteiger partial charge on any atom is 0.213 e. The van der Waals surface area contributed by atoms with E-state index in [-0.39, 0.29) is 0 Å². The number of likely N-dealkylation sites (N-methyl/N-ethyl adjacent to an activating group) is 1. The van der Waals surface area contributed by atoms with Crippen LogP contribution in [-0.2, 0) is 0 Å². The molecule has 0 saturated carbocycles. The van der Waals surface area contributed by atoms with Gasteiger partial charge in [-0.25, -0.2) is 4.98 Å². The molecule has 1 aromatic heterocycles. The molecule has 0 bridgehead atoms. The van der Waals surface area contributed by atoms with Gasteiger partial charge in [0.05, 0.1) is 19.0 Å². The van der Waals surface area contributed by atoms with Crippen LogP contribution in [-0.4, -0.2) is 43.2 Å². The van der Waals surface area contributed by atoms with E-state index in [0.717, 1.165) is 12.2 Å². The monoisotopic (exact) mass is 235 g/mol. The molecule has 0 aromatic carbocycles. The quantitative estimate of drug-likeness (QED) is 0.866. The number of likely N-dealkylation sites (tertiary alicyclic amines) is 1. The second kappa shape index (κ2) is 5.87. The molecule has 0 spiro atoms. The van der Waals surface area contributed by atoms with Gasteiger partial charge in [-0.3, -0.25) is 0 Å². The van der Waals surface area contributed by atoms with Gasteiger partial charge in [0.1, 0.15) is 0 Å². The normalized spacial score (nSPS) is 21.2. The van der Waals surface area contributed by atoms with Crippen LogP contribution in [0.25, 0.3) is 0 Å². The summed E-state index contributed by atoms with van der Waals surface area (Å²) in [6.07, 6.45) is 5.78. The van der Waals surface area contributed by atoms with E-state index in [2.05, 4.69) is 22.2 Å². The molecule has 1 aliphatic rings. The van der Waals surface area contributed by atoms with Gasteiger partial charge in [-0.05, 0) is 32.5 Å². The molecule has 0 radical (unpaired) electrons. The summed E-state index contributed by atoms with van der Waals surface area (Å²) in [5, 5.41) is 3.44. The summed E-state index contributed by atoms with van der Waals surface area (Å²) in [5.41, 5.74) is 1.06. The lowest BCUT2D eigenvalue weighted by Gasteiger charge is -2.32. The van der Waals surface area contributed by atoms with Crippen LogP contribution in [0.3, 0.4) is 0 Å². The molecule has 0 amide bonds. The molecule has 1 saturated heterocycles. The van der Waals surface area contributed by atoms with Gasteiger partial charge < -0.3 is 15.0 Å². The van der Waals surface area contributed by atoms with Crippen LogP contribution in [0, 0.1) is 0 Å². The van der Waals surface area contributed by atoms with Crippen LogP contribution in [0.1, 0.15) is 19.3 Å². The highest BCUT2D eigenvalue weighted by Crippen LogP contribution is 2.16. The lowest BCUT2D eigenvalue weighted by Crippen LogP contribution is -2.40. The number of anilines is 1. The van der Waals surface area contributed by atoms with E-state index in [1.807, 2.05) is 18.3 Å². The summed E-state index contributed by atoms with van der Waals surface area (Å²) >= 11 is 0. The second-order valence-corrected chi connectivity index (χ2v) is 4.60. The van der Waals surface area contributed by atoms with Crippen LogP contribution < -0.4 is 10.1 Å². The Balaban J connectivity index is 1.84. The molecule has 0 aliphatic carbocycles. The summed E-state index contributed by atoms with van der Waals surface area (Å²) < 4.78 is 5.03. The van der Waals surface area contributed by atoms with E-state index >= 15 is 0 Å². The Morgan fingerprint density at radius 2 is 2.35 bits per heavy atom. The molecular formula is C13H21N3O. The Bertz CT molecular complexity index is 339. The fourth-order valence-corrected chi connectivity index (χ4v) is 2.24. The molecule has 1 N–H and O–H groups in total. The van der Waals surface area contributed by atoms with Crippen molar-refractivity contribution in [1.29, 1.82) is 0 Å². The topological polar surface area (TPSA) is 37.4 Å². The van der Waals surface area contributed by atoms with Gasteiger partial charge in [-0.15, -0.1) is 0 Å². The van der Waals surface area contributed by atoms with Crippen molar-refractivity contribution in [3.05, 3.63) is 18.3 Å². The number of piperidine rings is 1. The third-order valence-corrected chi connectivity index (χ3v) is 3.41. The van der Waals surface area contributed by atoms with Crippen molar-refractivity contribution in [3.8, 4) is 5.88 Å². The molecule has 4 heteroatoms. The van der Waals surface area contributed by atoms with Crippen LogP contribution in [0.5, 0.6) is 5.88 Å². The molecule has 1 unspecified atom stereocenters. The average molecular weight is 235 g/mol. The zero-order chi connectivity index (χ0) is 12.1. The van der Waals surface area contributed by atoms with Crippen LogP contribution in [0.2, 0.25) is 0 Å². The first-order valence-corrected chi connectivity index (χ1v) is 6.24. The van der Waals surface area contributed by atoms with Crippen LogP contribution >= 0.6 is 0 Å². The van der Waals surface area contributed by atoms with Crippen LogP contribution in [0.15, 0.2) is 18.3 Å². The molecular weight excluding hydrogens is 214 g/mol. The largest absolute Gasteiger partial charge is 0.481 e. The lowest BCUT2D eigenvalue weighted by molar-refractivity contribution is 0.194. The van der Waals surface area contributed by atoms with E-state index < -0.39 is 0 Å². The van der Waals surface area contributed by atoms with E-state index in [1.54, 1.807) is 7.11 Å². The first kappa shape index (κ1) is 12.2. The van der Waals surface area contributed by atoms with E-state index in [1.165, 1.54) is 25.8 Å². The Kier molecular flexibility index (Phi) is 4.20. The van der Waals surface area contributed by atoms with Crippen molar-refractivity contribution in [2.45, 2.75) is 25.3 Å². The SMILES string of the molecule is COc1ccc(NCC2CCCCN2C)cn1. The highest BCUT2D eigenvalue weighted by molar-refractivity contribution is 5.42. The van der Waals surface area contributed by atoms with Crippen molar-refractivity contribution >= 4 is 5.69 Å². The Morgan fingerprint density at radius 3 is 3.00 bits per heavy atom. The van der Waals surface area contributed by atoms with E-state index in [0.29, 0.717) is 11.9 Å². The van der Waals surface area contributed by atoms with E-state index in [4.69, 9.17) is 4.74 Å². The second-order valence-electron chi connectivity index (χ2n) is 4.60. The minimum absolute atomic E-state index is 0.644. The minimum Gasteiger partial charge on any atom is -0.481 e. The number of nitrogens with one attached hydrogen (secondary N) is 1. The summed E-state index contributed by atoms with van der Waals surface area (Å²) in [7, 11) is 3.84. The molecule has 4 nitrogen and oxygen atoms in total. The fourth-order valence-electron chi connectivity index (χ4n) is 2.24. The molecule has 1 fully saturated rings. The number of rotatable bonds is 4. The molecule has 2 rings (SSSR count). The maximum absolute atomic E-state index is 5.03. The number of ether oxygens (including phenoxy) is 1. The van der Waals surface area contributed by atoms with Crippen LogP contribution in [0.4, 0.5) is 5.69 Å². The van der Waals surface area contributed by atoms with Gasteiger partial charge in [0.2, 0.25) is 5.88 Å². The summed E-state index contributed by atoms with van der Waals surface area (Å²) in [6.45, 7) is 2.21. The third kappa shape index (κ3) is 3.33. The maximum atomic E-state index is 5.03. The zero-order valence-corrected chi connectivity index (χ0v) is 10.6. The number of nitrogens with zero attached hydrogens (tertiary/aromatic N) is 2. The Labute approximate surface area is 103 Å². The highest BCUT2D eigenvalue weighted by Gasteiger charge is 2.18. The fraction of sp³-hybridized carbons (Fsp3) is 0.615. The first-order valence-electron chi connectivity index (χ1n) is 6.24. The predicted molar refractivity (Wildman–Crippen MR) is 69.5 cm³/mol. The summed E-state index contributed by atoms with van der Waals surface area (Å²) in [4.78, 5) is 6.62.